The highest BCUT2D eigenvalue weighted by Crippen LogP contribution is 2.48. The molecule has 0 radical (unpaired) electrons. The molecular formula is C13H18BrNO. The average molecular weight is 284 g/mol. The summed E-state index contributed by atoms with van der Waals surface area (Å²) in [5.74, 6) is 1.37. The van der Waals surface area contributed by atoms with Crippen molar-refractivity contribution in [3.63, 3.8) is 0 Å². The number of halogens is 1. The molecule has 0 aliphatic heterocycles. The van der Waals surface area contributed by atoms with E-state index in [0.717, 1.165) is 23.1 Å². The van der Waals surface area contributed by atoms with Crippen LogP contribution in [0.5, 0.6) is 5.75 Å². The Morgan fingerprint density at radius 2 is 2.00 bits per heavy atom. The molecular weight excluding hydrogens is 266 g/mol. The van der Waals surface area contributed by atoms with E-state index < -0.39 is 0 Å². The van der Waals surface area contributed by atoms with Gasteiger partial charge in [-0.3, -0.25) is 0 Å². The Bertz CT molecular complexity index is 411. The molecule has 0 bridgehead atoms. The van der Waals surface area contributed by atoms with E-state index in [1.807, 2.05) is 6.07 Å². The predicted molar refractivity (Wildman–Crippen MR) is 69.9 cm³/mol. The van der Waals surface area contributed by atoms with Crippen molar-refractivity contribution in [3.05, 3.63) is 27.7 Å². The van der Waals surface area contributed by atoms with Gasteiger partial charge in [-0.1, -0.05) is 29.8 Å². The Labute approximate surface area is 105 Å². The number of ether oxygens (including phenoxy) is 1. The number of benzene rings is 1. The zero-order valence-electron chi connectivity index (χ0n) is 10.0. The van der Waals surface area contributed by atoms with Gasteiger partial charge in [-0.2, -0.15) is 0 Å². The first-order valence-corrected chi connectivity index (χ1v) is 6.44. The van der Waals surface area contributed by atoms with Crippen molar-refractivity contribution < 1.29 is 4.74 Å². The van der Waals surface area contributed by atoms with Crippen LogP contribution in [0, 0.1) is 0 Å². The topological polar surface area (TPSA) is 35.2 Å². The monoisotopic (exact) mass is 283 g/mol. The third kappa shape index (κ3) is 1.98. The minimum atomic E-state index is -0.114. The van der Waals surface area contributed by atoms with Gasteiger partial charge in [-0.05, 0) is 36.5 Å². The van der Waals surface area contributed by atoms with Crippen molar-refractivity contribution in [1.82, 2.24) is 0 Å². The van der Waals surface area contributed by atoms with Gasteiger partial charge < -0.3 is 10.5 Å². The number of methoxy groups -OCH3 is 1. The maximum absolute atomic E-state index is 6.32. The van der Waals surface area contributed by atoms with Gasteiger partial charge in [0.2, 0.25) is 0 Å². The van der Waals surface area contributed by atoms with E-state index in [1.54, 1.807) is 7.11 Å². The lowest BCUT2D eigenvalue weighted by atomic mass is 9.91. The second-order valence-corrected chi connectivity index (χ2v) is 5.80. The van der Waals surface area contributed by atoms with Crippen molar-refractivity contribution >= 4 is 15.9 Å². The van der Waals surface area contributed by atoms with Crippen LogP contribution in [-0.2, 0) is 5.54 Å². The van der Waals surface area contributed by atoms with Gasteiger partial charge in [0.1, 0.15) is 5.75 Å². The maximum Gasteiger partial charge on any atom is 0.123 e. The molecule has 88 valence electrons. The van der Waals surface area contributed by atoms with Crippen LogP contribution >= 0.6 is 15.9 Å². The first kappa shape index (κ1) is 11.9. The van der Waals surface area contributed by atoms with E-state index in [1.165, 1.54) is 11.1 Å². The molecule has 1 aromatic rings. The third-order valence-corrected chi connectivity index (χ3v) is 3.69. The molecule has 3 heteroatoms. The van der Waals surface area contributed by atoms with E-state index in [4.69, 9.17) is 10.5 Å². The van der Waals surface area contributed by atoms with Gasteiger partial charge in [0, 0.05) is 15.6 Å². The van der Waals surface area contributed by atoms with Gasteiger partial charge in [0.15, 0.2) is 0 Å². The maximum atomic E-state index is 6.32. The molecule has 1 aromatic carbocycles. The van der Waals surface area contributed by atoms with Crippen LogP contribution in [0.1, 0.15) is 43.7 Å². The minimum absolute atomic E-state index is 0.114. The molecule has 0 saturated heterocycles. The summed E-state index contributed by atoms with van der Waals surface area (Å²) in [6, 6.07) is 4.16. The summed E-state index contributed by atoms with van der Waals surface area (Å²) in [7, 11) is 1.72. The van der Waals surface area contributed by atoms with Crippen molar-refractivity contribution in [1.29, 1.82) is 0 Å². The second kappa shape index (κ2) is 4.04. The fraction of sp³-hybridized carbons (Fsp3) is 0.538. The van der Waals surface area contributed by atoms with Gasteiger partial charge in [0.25, 0.3) is 0 Å². The number of hydrogen-bond acceptors (Lipinski definition) is 2. The van der Waals surface area contributed by atoms with Gasteiger partial charge >= 0.3 is 0 Å². The largest absolute Gasteiger partial charge is 0.496 e. The number of nitrogens with two attached hydrogens (primary N) is 1. The van der Waals surface area contributed by atoms with Crippen LogP contribution < -0.4 is 10.5 Å². The zero-order valence-corrected chi connectivity index (χ0v) is 11.6. The highest BCUT2D eigenvalue weighted by Gasteiger charge is 2.42. The molecule has 0 heterocycles. The highest BCUT2D eigenvalue weighted by atomic mass is 79.9. The smallest absolute Gasteiger partial charge is 0.123 e. The molecule has 0 amide bonds. The lowest BCUT2D eigenvalue weighted by Gasteiger charge is -2.21. The molecule has 0 aromatic heterocycles. The Kier molecular flexibility index (Phi) is 3.01. The lowest BCUT2D eigenvalue weighted by Crippen LogP contribution is -2.21. The Morgan fingerprint density at radius 3 is 2.44 bits per heavy atom. The van der Waals surface area contributed by atoms with E-state index in [2.05, 4.69) is 35.8 Å². The van der Waals surface area contributed by atoms with E-state index in [-0.39, 0.29) is 5.54 Å². The Morgan fingerprint density at radius 1 is 1.38 bits per heavy atom. The minimum Gasteiger partial charge on any atom is -0.496 e. The second-order valence-electron chi connectivity index (χ2n) is 4.88. The quantitative estimate of drug-likeness (QED) is 0.921. The summed E-state index contributed by atoms with van der Waals surface area (Å²) in [4.78, 5) is 0. The Hall–Kier alpha value is -0.540. The van der Waals surface area contributed by atoms with Gasteiger partial charge in [-0.25, -0.2) is 0 Å². The summed E-state index contributed by atoms with van der Waals surface area (Å²) in [6.45, 7) is 4.36. The number of hydrogen-bond donors (Lipinski definition) is 1. The molecule has 2 N–H and O–H groups in total. The molecule has 1 aliphatic carbocycles. The van der Waals surface area contributed by atoms with Crippen LogP contribution in [-0.4, -0.2) is 7.11 Å². The summed E-state index contributed by atoms with van der Waals surface area (Å²) in [6.07, 6.45) is 2.15. The predicted octanol–water partition coefficient (Wildman–Crippen LogP) is 3.53. The van der Waals surface area contributed by atoms with Crippen LogP contribution in [0.3, 0.4) is 0 Å². The fourth-order valence-electron chi connectivity index (χ4n) is 2.17. The van der Waals surface area contributed by atoms with Crippen LogP contribution in [0.25, 0.3) is 0 Å². The van der Waals surface area contributed by atoms with E-state index in [0.29, 0.717) is 5.92 Å². The van der Waals surface area contributed by atoms with Gasteiger partial charge in [0.05, 0.1) is 7.11 Å². The Balaban J connectivity index is 2.60. The summed E-state index contributed by atoms with van der Waals surface area (Å²) < 4.78 is 6.51. The molecule has 2 rings (SSSR count). The summed E-state index contributed by atoms with van der Waals surface area (Å²) >= 11 is 3.52. The molecule has 1 saturated carbocycles. The van der Waals surface area contributed by atoms with Crippen LogP contribution in [0.15, 0.2) is 16.6 Å². The molecule has 1 aliphatic rings. The van der Waals surface area contributed by atoms with E-state index >= 15 is 0 Å². The van der Waals surface area contributed by atoms with E-state index in [9.17, 15) is 0 Å². The first-order valence-electron chi connectivity index (χ1n) is 5.65. The third-order valence-electron chi connectivity index (χ3n) is 3.23. The summed E-state index contributed by atoms with van der Waals surface area (Å²) in [5, 5.41) is 0. The van der Waals surface area contributed by atoms with Crippen molar-refractivity contribution in [2.45, 2.75) is 38.1 Å². The molecule has 0 unspecified atom stereocenters. The van der Waals surface area contributed by atoms with Crippen molar-refractivity contribution in [3.8, 4) is 5.75 Å². The summed E-state index contributed by atoms with van der Waals surface area (Å²) in [5.41, 5.74) is 8.71. The zero-order chi connectivity index (χ0) is 11.9. The highest BCUT2D eigenvalue weighted by molar-refractivity contribution is 9.10. The molecule has 16 heavy (non-hydrogen) atoms. The molecule has 0 atom stereocenters. The van der Waals surface area contributed by atoms with Crippen molar-refractivity contribution in [2.75, 3.05) is 7.11 Å². The normalized spacial score (nSPS) is 17.6. The van der Waals surface area contributed by atoms with Crippen LogP contribution in [0.2, 0.25) is 0 Å². The van der Waals surface area contributed by atoms with Gasteiger partial charge in [-0.15, -0.1) is 0 Å². The number of rotatable bonds is 3. The van der Waals surface area contributed by atoms with Crippen molar-refractivity contribution in [2.24, 2.45) is 5.73 Å². The lowest BCUT2D eigenvalue weighted by molar-refractivity contribution is 0.405. The molecule has 0 spiro atoms. The van der Waals surface area contributed by atoms with Crippen LogP contribution in [0.4, 0.5) is 0 Å². The fourth-order valence-corrected chi connectivity index (χ4v) is 2.61. The standard InChI is InChI=1S/C13H18BrNO/c1-8(2)12-10(13(15)4-5-13)6-9(14)7-11(12)16-3/h6-8H,4-5,15H2,1-3H3. The average Bonchev–Trinajstić information content (AvgIpc) is 2.96. The first-order chi connectivity index (χ1) is 7.48. The SMILES string of the molecule is COc1cc(Br)cc(C2(N)CC2)c1C(C)C. The molecule has 2 nitrogen and oxygen atoms in total. The molecule has 1 fully saturated rings.